The van der Waals surface area contributed by atoms with Crippen molar-refractivity contribution in [2.45, 2.75) is 18.8 Å². The Morgan fingerprint density at radius 1 is 0.935 bits per heavy atom. The van der Waals surface area contributed by atoms with E-state index >= 15 is 0 Å². The van der Waals surface area contributed by atoms with Crippen LogP contribution in [0.25, 0.3) is 5.65 Å². The predicted molar refractivity (Wildman–Crippen MR) is 109 cm³/mol. The van der Waals surface area contributed by atoms with E-state index in [-0.39, 0.29) is 11.5 Å². The predicted octanol–water partition coefficient (Wildman–Crippen LogP) is 1.86. The molecule has 1 aliphatic carbocycles. The number of nitrogens with zero attached hydrogens (tertiary/aromatic N) is 4. The largest absolute Gasteiger partial charge is 0.493 e. The molecule has 0 aromatic carbocycles. The maximum Gasteiger partial charge on any atom is 0.356 e. The molecule has 0 spiro atoms. The van der Waals surface area contributed by atoms with Gasteiger partial charge in [-0.05, 0) is 37.1 Å². The fraction of sp³-hybridized carbons (Fsp3) is 0.350. The van der Waals surface area contributed by atoms with E-state index in [1.54, 1.807) is 25.3 Å². The lowest BCUT2D eigenvalue weighted by molar-refractivity contribution is 0.0583. The lowest BCUT2D eigenvalue weighted by Gasteiger charge is -2.04. The molecule has 0 saturated heterocycles. The van der Waals surface area contributed by atoms with Gasteiger partial charge in [-0.1, -0.05) is 0 Å². The Hall–Kier alpha value is -3.89. The molecule has 11 nitrogen and oxygen atoms in total. The topological polar surface area (TPSA) is 140 Å². The van der Waals surface area contributed by atoms with Gasteiger partial charge in [-0.3, -0.25) is 0 Å². The summed E-state index contributed by atoms with van der Waals surface area (Å²) >= 11 is 0. The molecule has 3 aromatic rings. The first-order chi connectivity index (χ1) is 14.9. The number of ether oxygens (including phenoxy) is 4. The van der Waals surface area contributed by atoms with Crippen LogP contribution in [0.4, 0.5) is 5.82 Å². The van der Waals surface area contributed by atoms with Crippen LogP contribution in [-0.4, -0.2) is 60.0 Å². The average molecular weight is 429 g/mol. The number of nitrogens with two attached hydrogens (primary N) is 1. The summed E-state index contributed by atoms with van der Waals surface area (Å²) in [5, 5.41) is 4.38. The number of esters is 2. The smallest absolute Gasteiger partial charge is 0.356 e. The molecule has 31 heavy (non-hydrogen) atoms. The lowest BCUT2D eigenvalue weighted by atomic mass is 10.3. The molecule has 0 bridgehead atoms. The molecule has 2 N–H and O–H groups in total. The Kier molecular flexibility index (Phi) is 6.53. The molecule has 1 fully saturated rings. The van der Waals surface area contributed by atoms with Gasteiger partial charge in [0.1, 0.15) is 0 Å². The molecule has 0 aliphatic heterocycles. The number of hydrogen-bond acceptors (Lipinski definition) is 10. The molecule has 11 heteroatoms. The van der Waals surface area contributed by atoms with Gasteiger partial charge in [-0.25, -0.2) is 24.1 Å². The molecule has 3 aromatic heterocycles. The zero-order valence-corrected chi connectivity index (χ0v) is 17.6. The normalized spacial score (nSPS) is 12.5. The zero-order valence-electron chi connectivity index (χ0n) is 17.6. The standard InChI is InChI=1S/C12H13N3O3.C8H10N2O3/c1-17-9-6-5-8(12(16)18-2)15-11(9)13-10(14-15)7-3-4-7;1-12-6-4-3-5(8(11)13-2)10-7(6)9/h5-7H,3-4H2,1-2H3;3-4H,1-2H3,(H2,9,10). The summed E-state index contributed by atoms with van der Waals surface area (Å²) in [5.41, 5.74) is 6.56. The third kappa shape index (κ3) is 4.65. The van der Waals surface area contributed by atoms with Gasteiger partial charge in [0, 0.05) is 5.92 Å². The first-order valence-electron chi connectivity index (χ1n) is 9.34. The molecule has 164 valence electrons. The number of methoxy groups -OCH3 is 4. The number of carbonyl (C=O) groups is 2. The van der Waals surface area contributed by atoms with Crippen LogP contribution in [0.2, 0.25) is 0 Å². The third-order valence-electron chi connectivity index (χ3n) is 4.52. The maximum absolute atomic E-state index is 11.7. The average Bonchev–Trinajstić information content (AvgIpc) is 3.55. The van der Waals surface area contributed by atoms with Gasteiger partial charge in [0.05, 0.1) is 28.4 Å². The van der Waals surface area contributed by atoms with Crippen LogP contribution in [-0.2, 0) is 9.47 Å². The number of hydrogen-bond donors (Lipinski definition) is 1. The second-order valence-corrected chi connectivity index (χ2v) is 6.53. The highest BCUT2D eigenvalue weighted by Crippen LogP contribution is 2.38. The maximum atomic E-state index is 11.7. The van der Waals surface area contributed by atoms with Crippen molar-refractivity contribution in [1.82, 2.24) is 19.6 Å². The molecule has 0 amide bonds. The van der Waals surface area contributed by atoms with Gasteiger partial charge >= 0.3 is 11.9 Å². The van der Waals surface area contributed by atoms with Crippen LogP contribution in [0, 0.1) is 0 Å². The van der Waals surface area contributed by atoms with Crippen LogP contribution in [0.3, 0.4) is 0 Å². The van der Waals surface area contributed by atoms with Gasteiger partial charge in [0.15, 0.2) is 40.2 Å². The van der Waals surface area contributed by atoms with E-state index < -0.39 is 11.9 Å². The van der Waals surface area contributed by atoms with E-state index in [2.05, 4.69) is 19.8 Å². The lowest BCUT2D eigenvalue weighted by Crippen LogP contribution is -2.09. The van der Waals surface area contributed by atoms with Crippen LogP contribution >= 0.6 is 0 Å². The quantitative estimate of drug-likeness (QED) is 0.598. The van der Waals surface area contributed by atoms with Gasteiger partial charge in [0.25, 0.3) is 0 Å². The Labute approximate surface area is 178 Å². The van der Waals surface area contributed by atoms with Crippen molar-refractivity contribution in [3.63, 3.8) is 0 Å². The van der Waals surface area contributed by atoms with Gasteiger partial charge < -0.3 is 24.7 Å². The Balaban J connectivity index is 0.000000187. The van der Waals surface area contributed by atoms with Crippen LogP contribution in [0.5, 0.6) is 11.5 Å². The molecular formula is C20H23N5O6. The highest BCUT2D eigenvalue weighted by atomic mass is 16.5. The van der Waals surface area contributed by atoms with Crippen molar-refractivity contribution >= 4 is 23.4 Å². The fourth-order valence-electron chi connectivity index (χ4n) is 2.74. The summed E-state index contributed by atoms with van der Waals surface area (Å²) in [6, 6.07) is 6.38. The second-order valence-electron chi connectivity index (χ2n) is 6.53. The number of rotatable bonds is 5. The number of aromatic nitrogens is 4. The van der Waals surface area contributed by atoms with Crippen molar-refractivity contribution in [3.05, 3.63) is 41.5 Å². The molecule has 4 rings (SSSR count). The molecule has 1 aliphatic rings. The summed E-state index contributed by atoms with van der Waals surface area (Å²) in [6.07, 6.45) is 2.21. The Morgan fingerprint density at radius 2 is 1.58 bits per heavy atom. The first-order valence-corrected chi connectivity index (χ1v) is 9.34. The fourth-order valence-corrected chi connectivity index (χ4v) is 2.74. The minimum absolute atomic E-state index is 0.167. The second kappa shape index (κ2) is 9.28. The third-order valence-corrected chi connectivity index (χ3v) is 4.52. The van der Waals surface area contributed by atoms with E-state index in [0.717, 1.165) is 18.7 Å². The Bertz CT molecular complexity index is 1110. The minimum atomic E-state index is -0.519. The summed E-state index contributed by atoms with van der Waals surface area (Å²) in [4.78, 5) is 30.9. The van der Waals surface area contributed by atoms with Crippen molar-refractivity contribution in [2.75, 3.05) is 34.2 Å². The van der Waals surface area contributed by atoms with E-state index in [4.69, 9.17) is 19.9 Å². The van der Waals surface area contributed by atoms with Crippen molar-refractivity contribution in [1.29, 1.82) is 0 Å². The van der Waals surface area contributed by atoms with Crippen molar-refractivity contribution in [2.24, 2.45) is 0 Å². The molecule has 1 saturated carbocycles. The van der Waals surface area contributed by atoms with Gasteiger partial charge in [0.2, 0.25) is 0 Å². The van der Waals surface area contributed by atoms with Crippen LogP contribution in [0.15, 0.2) is 24.3 Å². The van der Waals surface area contributed by atoms with E-state index in [1.165, 1.54) is 31.9 Å². The highest BCUT2D eigenvalue weighted by Gasteiger charge is 2.29. The van der Waals surface area contributed by atoms with Crippen LogP contribution < -0.4 is 15.2 Å². The molecule has 3 heterocycles. The van der Waals surface area contributed by atoms with Crippen molar-refractivity contribution in [3.8, 4) is 11.5 Å². The van der Waals surface area contributed by atoms with Gasteiger partial charge in [-0.15, -0.1) is 0 Å². The van der Waals surface area contributed by atoms with E-state index in [9.17, 15) is 9.59 Å². The summed E-state index contributed by atoms with van der Waals surface area (Å²) < 4.78 is 20.8. The SMILES string of the molecule is COC(=O)c1ccc(OC)c(N)n1.COC(=O)c1ccc(OC)c2nc(C3CC3)nn12. The van der Waals surface area contributed by atoms with Crippen LogP contribution in [0.1, 0.15) is 45.6 Å². The number of carbonyl (C=O) groups excluding carboxylic acids is 2. The molecule has 0 unspecified atom stereocenters. The molecule has 0 radical (unpaired) electrons. The first kappa shape index (κ1) is 21.8. The number of anilines is 1. The monoisotopic (exact) mass is 429 g/mol. The number of nitrogen functional groups attached to an aromatic ring is 1. The summed E-state index contributed by atoms with van der Waals surface area (Å²) in [5.74, 6) is 1.44. The van der Waals surface area contributed by atoms with E-state index in [0.29, 0.717) is 28.8 Å². The van der Waals surface area contributed by atoms with Crippen molar-refractivity contribution < 1.29 is 28.5 Å². The molecular weight excluding hydrogens is 406 g/mol. The molecule has 0 atom stereocenters. The summed E-state index contributed by atoms with van der Waals surface area (Å²) in [6.45, 7) is 0. The van der Waals surface area contributed by atoms with Gasteiger partial charge in [-0.2, -0.15) is 5.10 Å². The minimum Gasteiger partial charge on any atom is -0.493 e. The van der Waals surface area contributed by atoms with E-state index in [1.807, 2.05) is 0 Å². The zero-order chi connectivity index (χ0) is 22.5. The Morgan fingerprint density at radius 3 is 2.13 bits per heavy atom. The number of pyridine rings is 2. The number of fused-ring (bicyclic) bond motifs is 1. The highest BCUT2D eigenvalue weighted by molar-refractivity contribution is 5.88. The summed E-state index contributed by atoms with van der Waals surface area (Å²) in [7, 11) is 5.67.